The SMILES string of the molecule is CC(C)[C@H](NC(=O)c1ccc(OCC(F)(F)F)nc1)c1nc2ccccc2[nH]1. The van der Waals surface area contributed by atoms with Crippen molar-refractivity contribution in [3.8, 4) is 5.88 Å². The summed E-state index contributed by atoms with van der Waals surface area (Å²) >= 11 is 0. The molecular formula is C19H19F3N4O2. The van der Waals surface area contributed by atoms with Crippen molar-refractivity contribution in [2.75, 3.05) is 6.61 Å². The highest BCUT2D eigenvalue weighted by Gasteiger charge is 2.28. The van der Waals surface area contributed by atoms with Crippen LogP contribution in [0, 0.1) is 5.92 Å². The average Bonchev–Trinajstić information content (AvgIpc) is 3.07. The summed E-state index contributed by atoms with van der Waals surface area (Å²) in [6.45, 7) is 2.46. The number of para-hydroxylation sites is 2. The van der Waals surface area contributed by atoms with E-state index in [0.29, 0.717) is 5.82 Å². The lowest BCUT2D eigenvalue weighted by molar-refractivity contribution is -0.154. The number of imidazole rings is 1. The standard InChI is InChI=1S/C19H19F3N4O2/c1-11(2)16(17-24-13-5-3-4-6-14(13)25-17)26-18(27)12-7-8-15(23-9-12)28-10-19(20,21)22/h3-9,11,16H,10H2,1-2H3,(H,24,25)(H,26,27)/t16-/m0/s1. The first kappa shape index (κ1) is 19.7. The van der Waals surface area contributed by atoms with E-state index in [1.807, 2.05) is 38.1 Å². The lowest BCUT2D eigenvalue weighted by atomic mass is 10.0. The molecule has 148 valence electrons. The minimum atomic E-state index is -4.45. The van der Waals surface area contributed by atoms with Crippen LogP contribution in [0.1, 0.15) is 36.1 Å². The first-order valence-electron chi connectivity index (χ1n) is 8.64. The number of hydrogen-bond acceptors (Lipinski definition) is 4. The number of nitrogens with zero attached hydrogens (tertiary/aromatic N) is 2. The highest BCUT2D eigenvalue weighted by molar-refractivity contribution is 5.94. The van der Waals surface area contributed by atoms with Gasteiger partial charge in [-0.3, -0.25) is 4.79 Å². The van der Waals surface area contributed by atoms with Crippen LogP contribution in [-0.2, 0) is 0 Å². The molecule has 0 radical (unpaired) electrons. The number of carbonyl (C=O) groups excluding carboxylic acids is 1. The van der Waals surface area contributed by atoms with Gasteiger partial charge in [-0.25, -0.2) is 9.97 Å². The van der Waals surface area contributed by atoms with Gasteiger partial charge in [-0.05, 0) is 24.1 Å². The molecule has 0 aliphatic rings. The van der Waals surface area contributed by atoms with E-state index in [-0.39, 0.29) is 23.4 Å². The molecule has 0 bridgehead atoms. The van der Waals surface area contributed by atoms with Crippen molar-refractivity contribution in [3.05, 3.63) is 54.0 Å². The number of carbonyl (C=O) groups is 1. The van der Waals surface area contributed by atoms with Gasteiger partial charge in [0.15, 0.2) is 6.61 Å². The zero-order chi connectivity index (χ0) is 20.3. The molecule has 2 aromatic heterocycles. The number of aromatic amines is 1. The molecular weight excluding hydrogens is 373 g/mol. The van der Waals surface area contributed by atoms with Gasteiger partial charge in [0.2, 0.25) is 5.88 Å². The predicted molar refractivity (Wildman–Crippen MR) is 96.9 cm³/mol. The van der Waals surface area contributed by atoms with Gasteiger partial charge in [0, 0.05) is 12.3 Å². The Kier molecular flexibility index (Phi) is 5.53. The number of aromatic nitrogens is 3. The van der Waals surface area contributed by atoms with Crippen molar-refractivity contribution in [1.82, 2.24) is 20.3 Å². The van der Waals surface area contributed by atoms with Crippen LogP contribution in [0.3, 0.4) is 0 Å². The van der Waals surface area contributed by atoms with E-state index in [1.54, 1.807) is 0 Å². The highest BCUT2D eigenvalue weighted by Crippen LogP contribution is 2.23. The van der Waals surface area contributed by atoms with Crippen LogP contribution >= 0.6 is 0 Å². The molecule has 1 amide bonds. The van der Waals surface area contributed by atoms with E-state index < -0.39 is 18.7 Å². The number of pyridine rings is 1. The normalized spacial score (nSPS) is 12.9. The Morgan fingerprint density at radius 1 is 1.21 bits per heavy atom. The van der Waals surface area contributed by atoms with Gasteiger partial charge in [0.05, 0.1) is 22.6 Å². The first-order valence-corrected chi connectivity index (χ1v) is 8.64. The van der Waals surface area contributed by atoms with Gasteiger partial charge in [-0.1, -0.05) is 26.0 Å². The number of amides is 1. The van der Waals surface area contributed by atoms with Crippen LogP contribution in [0.5, 0.6) is 5.88 Å². The highest BCUT2D eigenvalue weighted by atomic mass is 19.4. The third-order valence-electron chi connectivity index (χ3n) is 4.04. The van der Waals surface area contributed by atoms with Crippen LogP contribution in [0.2, 0.25) is 0 Å². The summed E-state index contributed by atoms with van der Waals surface area (Å²) in [5.74, 6) is 0.0649. The van der Waals surface area contributed by atoms with E-state index in [4.69, 9.17) is 0 Å². The summed E-state index contributed by atoms with van der Waals surface area (Å²) in [7, 11) is 0. The fourth-order valence-electron chi connectivity index (χ4n) is 2.65. The minimum Gasteiger partial charge on any atom is -0.468 e. The van der Waals surface area contributed by atoms with E-state index >= 15 is 0 Å². The molecule has 2 heterocycles. The van der Waals surface area contributed by atoms with E-state index in [1.165, 1.54) is 18.3 Å². The molecule has 0 saturated carbocycles. The Hall–Kier alpha value is -3.10. The molecule has 9 heteroatoms. The van der Waals surface area contributed by atoms with E-state index in [0.717, 1.165) is 11.0 Å². The number of halogens is 3. The molecule has 0 spiro atoms. The molecule has 28 heavy (non-hydrogen) atoms. The smallest absolute Gasteiger partial charge is 0.422 e. The summed E-state index contributed by atoms with van der Waals surface area (Å²) in [6, 6.07) is 9.76. The molecule has 0 aliphatic carbocycles. The largest absolute Gasteiger partial charge is 0.468 e. The monoisotopic (exact) mass is 392 g/mol. The Balaban J connectivity index is 1.72. The molecule has 0 saturated heterocycles. The molecule has 0 fully saturated rings. The van der Waals surface area contributed by atoms with Crippen molar-refractivity contribution in [2.24, 2.45) is 5.92 Å². The third kappa shape index (κ3) is 4.79. The summed E-state index contributed by atoms with van der Waals surface area (Å²) in [5, 5.41) is 2.89. The number of alkyl halides is 3. The van der Waals surface area contributed by atoms with Gasteiger partial charge < -0.3 is 15.0 Å². The van der Waals surface area contributed by atoms with E-state index in [9.17, 15) is 18.0 Å². The maximum absolute atomic E-state index is 12.6. The lowest BCUT2D eigenvalue weighted by Gasteiger charge is -2.20. The van der Waals surface area contributed by atoms with Crippen LogP contribution in [0.15, 0.2) is 42.6 Å². The Morgan fingerprint density at radius 2 is 1.96 bits per heavy atom. The van der Waals surface area contributed by atoms with Gasteiger partial charge in [0.1, 0.15) is 5.82 Å². The number of benzene rings is 1. The molecule has 0 unspecified atom stereocenters. The Morgan fingerprint density at radius 3 is 2.57 bits per heavy atom. The number of ether oxygens (including phenoxy) is 1. The number of nitrogens with one attached hydrogen (secondary N) is 2. The summed E-state index contributed by atoms with van der Waals surface area (Å²) in [4.78, 5) is 24.1. The second-order valence-corrected chi connectivity index (χ2v) is 6.62. The summed E-state index contributed by atoms with van der Waals surface area (Å²) < 4.78 is 41.1. The average molecular weight is 392 g/mol. The van der Waals surface area contributed by atoms with Crippen molar-refractivity contribution in [3.63, 3.8) is 0 Å². The zero-order valence-electron chi connectivity index (χ0n) is 15.2. The molecule has 3 rings (SSSR count). The quantitative estimate of drug-likeness (QED) is 0.664. The van der Waals surface area contributed by atoms with Crippen molar-refractivity contribution in [1.29, 1.82) is 0 Å². The van der Waals surface area contributed by atoms with Crippen molar-refractivity contribution < 1.29 is 22.7 Å². The maximum Gasteiger partial charge on any atom is 0.422 e. The Labute approximate surface area is 159 Å². The Bertz CT molecular complexity index is 919. The predicted octanol–water partition coefficient (Wildman–Crippen LogP) is 4.03. The maximum atomic E-state index is 12.6. The second-order valence-electron chi connectivity index (χ2n) is 6.62. The fraction of sp³-hybridized carbons (Fsp3) is 0.316. The van der Waals surface area contributed by atoms with E-state index in [2.05, 4.69) is 25.0 Å². The second kappa shape index (κ2) is 7.87. The number of rotatable bonds is 6. The molecule has 2 N–H and O–H groups in total. The topological polar surface area (TPSA) is 79.9 Å². The van der Waals surface area contributed by atoms with Gasteiger partial charge in [-0.15, -0.1) is 0 Å². The number of fused-ring (bicyclic) bond motifs is 1. The van der Waals surface area contributed by atoms with Gasteiger partial charge in [-0.2, -0.15) is 13.2 Å². The van der Waals surface area contributed by atoms with Crippen LogP contribution in [0.4, 0.5) is 13.2 Å². The molecule has 6 nitrogen and oxygen atoms in total. The zero-order valence-corrected chi connectivity index (χ0v) is 15.2. The minimum absolute atomic E-state index is 0.0480. The summed E-state index contributed by atoms with van der Waals surface area (Å²) in [6.07, 6.45) is -3.27. The lowest BCUT2D eigenvalue weighted by Crippen LogP contribution is -2.32. The van der Waals surface area contributed by atoms with Crippen LogP contribution in [-0.4, -0.2) is 33.6 Å². The molecule has 0 aliphatic heterocycles. The third-order valence-corrected chi connectivity index (χ3v) is 4.04. The molecule has 3 aromatic rings. The number of H-pyrrole nitrogens is 1. The molecule has 1 aromatic carbocycles. The van der Waals surface area contributed by atoms with Gasteiger partial charge in [0.25, 0.3) is 5.91 Å². The molecule has 1 atom stereocenters. The van der Waals surface area contributed by atoms with Crippen molar-refractivity contribution >= 4 is 16.9 Å². The van der Waals surface area contributed by atoms with Crippen LogP contribution < -0.4 is 10.1 Å². The number of hydrogen-bond donors (Lipinski definition) is 2. The van der Waals surface area contributed by atoms with Crippen molar-refractivity contribution in [2.45, 2.75) is 26.1 Å². The van der Waals surface area contributed by atoms with Crippen LogP contribution in [0.25, 0.3) is 11.0 Å². The summed E-state index contributed by atoms with van der Waals surface area (Å²) in [5.41, 5.74) is 1.87. The first-order chi connectivity index (χ1) is 13.2. The van der Waals surface area contributed by atoms with Gasteiger partial charge >= 0.3 is 6.18 Å². The fourth-order valence-corrected chi connectivity index (χ4v) is 2.65.